The maximum Gasteiger partial charge on any atom is 0.0326 e. The Morgan fingerprint density at radius 2 is 1.18 bits per heavy atom. The van der Waals surface area contributed by atoms with Gasteiger partial charge in [-0.3, -0.25) is 0 Å². The van der Waals surface area contributed by atoms with E-state index in [1.54, 1.807) is 0 Å². The first kappa shape index (κ1) is 14.2. The number of rotatable bonds is 3. The Bertz CT molecular complexity index is 389. The molecule has 1 aromatic rings. The maximum atomic E-state index is 6.44. The first-order valence-electron chi connectivity index (χ1n) is 6.65. The molecule has 0 bridgehead atoms. The fourth-order valence-corrected chi connectivity index (χ4v) is 2.57. The third kappa shape index (κ3) is 2.40. The van der Waals surface area contributed by atoms with Crippen molar-refractivity contribution in [2.24, 2.45) is 11.7 Å². The Morgan fingerprint density at radius 3 is 1.53 bits per heavy atom. The molecular weight excluding hydrogens is 206 g/mol. The van der Waals surface area contributed by atoms with Gasteiger partial charge in [-0.05, 0) is 73.9 Å². The highest BCUT2D eigenvalue weighted by atomic mass is 14.7. The van der Waals surface area contributed by atoms with Crippen LogP contribution in [0.25, 0.3) is 0 Å². The van der Waals surface area contributed by atoms with Gasteiger partial charge in [-0.1, -0.05) is 20.3 Å². The molecule has 0 fully saturated rings. The molecule has 0 aliphatic rings. The van der Waals surface area contributed by atoms with Crippen molar-refractivity contribution < 1.29 is 0 Å². The van der Waals surface area contributed by atoms with Crippen LogP contribution in [0.3, 0.4) is 0 Å². The molecule has 0 spiro atoms. The summed E-state index contributed by atoms with van der Waals surface area (Å²) >= 11 is 0. The van der Waals surface area contributed by atoms with Crippen LogP contribution in [0.5, 0.6) is 0 Å². The van der Waals surface area contributed by atoms with Crippen molar-refractivity contribution in [3.05, 3.63) is 33.4 Å². The van der Waals surface area contributed by atoms with Gasteiger partial charge in [0.05, 0.1) is 0 Å². The smallest absolute Gasteiger partial charge is 0.0326 e. The Kier molecular flexibility index (Phi) is 4.37. The molecular formula is C16H27N. The lowest BCUT2D eigenvalue weighted by Gasteiger charge is -2.26. The molecule has 0 aliphatic heterocycles. The zero-order valence-electron chi connectivity index (χ0n) is 12.4. The molecule has 2 N–H and O–H groups in total. The van der Waals surface area contributed by atoms with E-state index in [0.29, 0.717) is 5.92 Å². The molecule has 1 aromatic carbocycles. The van der Waals surface area contributed by atoms with Crippen molar-refractivity contribution >= 4 is 0 Å². The van der Waals surface area contributed by atoms with Crippen molar-refractivity contribution in [2.45, 2.75) is 60.9 Å². The standard InChI is InChI=1S/C16H27N/c1-8-9(2)16(17)15-13(6)11(4)10(3)12(5)14(15)7/h9,16H,8,17H2,1-7H3/t9?,16-/m1/s1. The minimum absolute atomic E-state index is 0.165. The molecule has 1 rings (SSSR count). The lowest BCUT2D eigenvalue weighted by Crippen LogP contribution is -2.22. The summed E-state index contributed by atoms with van der Waals surface area (Å²) in [5, 5.41) is 0. The summed E-state index contributed by atoms with van der Waals surface area (Å²) in [4.78, 5) is 0. The van der Waals surface area contributed by atoms with E-state index in [2.05, 4.69) is 48.5 Å². The van der Waals surface area contributed by atoms with Crippen LogP contribution >= 0.6 is 0 Å². The van der Waals surface area contributed by atoms with Gasteiger partial charge in [0.25, 0.3) is 0 Å². The van der Waals surface area contributed by atoms with Crippen molar-refractivity contribution in [3.63, 3.8) is 0 Å². The van der Waals surface area contributed by atoms with Crippen LogP contribution in [0.15, 0.2) is 0 Å². The van der Waals surface area contributed by atoms with E-state index in [9.17, 15) is 0 Å². The Balaban J connectivity index is 3.44. The minimum Gasteiger partial charge on any atom is -0.324 e. The maximum absolute atomic E-state index is 6.44. The second-order valence-corrected chi connectivity index (χ2v) is 5.45. The molecule has 17 heavy (non-hydrogen) atoms. The molecule has 1 nitrogen and oxygen atoms in total. The fourth-order valence-electron chi connectivity index (χ4n) is 2.57. The average Bonchev–Trinajstić information content (AvgIpc) is 2.32. The normalized spacial score (nSPS) is 14.8. The van der Waals surface area contributed by atoms with Gasteiger partial charge in [-0.15, -0.1) is 0 Å². The van der Waals surface area contributed by atoms with Crippen molar-refractivity contribution in [1.82, 2.24) is 0 Å². The third-order valence-electron chi connectivity index (χ3n) is 4.65. The Labute approximate surface area is 106 Å². The van der Waals surface area contributed by atoms with Gasteiger partial charge in [0.2, 0.25) is 0 Å². The van der Waals surface area contributed by atoms with Crippen molar-refractivity contribution in [2.75, 3.05) is 0 Å². The zero-order chi connectivity index (χ0) is 13.3. The number of hydrogen-bond acceptors (Lipinski definition) is 1. The molecule has 96 valence electrons. The van der Waals surface area contributed by atoms with Crippen molar-refractivity contribution in [3.8, 4) is 0 Å². The van der Waals surface area contributed by atoms with Gasteiger partial charge in [0.1, 0.15) is 0 Å². The Morgan fingerprint density at radius 1 is 0.824 bits per heavy atom. The highest BCUT2D eigenvalue weighted by molar-refractivity contribution is 5.50. The monoisotopic (exact) mass is 233 g/mol. The highest BCUT2D eigenvalue weighted by Crippen LogP contribution is 2.33. The molecule has 0 radical (unpaired) electrons. The van der Waals surface area contributed by atoms with Crippen molar-refractivity contribution in [1.29, 1.82) is 0 Å². The van der Waals surface area contributed by atoms with Gasteiger partial charge in [0, 0.05) is 6.04 Å². The van der Waals surface area contributed by atoms with Crippen LogP contribution in [0, 0.1) is 40.5 Å². The first-order valence-corrected chi connectivity index (χ1v) is 6.65. The minimum atomic E-state index is 0.165. The van der Waals surface area contributed by atoms with Crippen LogP contribution in [-0.2, 0) is 0 Å². The summed E-state index contributed by atoms with van der Waals surface area (Å²) < 4.78 is 0. The van der Waals surface area contributed by atoms with Crippen LogP contribution in [-0.4, -0.2) is 0 Å². The van der Waals surface area contributed by atoms with Gasteiger partial charge >= 0.3 is 0 Å². The second-order valence-electron chi connectivity index (χ2n) is 5.45. The zero-order valence-corrected chi connectivity index (χ0v) is 12.4. The van der Waals surface area contributed by atoms with E-state index in [1.807, 2.05) is 0 Å². The third-order valence-corrected chi connectivity index (χ3v) is 4.65. The lowest BCUT2D eigenvalue weighted by molar-refractivity contribution is 0.453. The van der Waals surface area contributed by atoms with Crippen LogP contribution in [0.4, 0.5) is 0 Å². The lowest BCUT2D eigenvalue weighted by atomic mass is 9.82. The van der Waals surface area contributed by atoms with Gasteiger partial charge in [0.15, 0.2) is 0 Å². The van der Waals surface area contributed by atoms with E-state index >= 15 is 0 Å². The summed E-state index contributed by atoms with van der Waals surface area (Å²) in [5.74, 6) is 0.536. The molecule has 0 saturated heterocycles. The molecule has 0 amide bonds. The predicted octanol–water partition coefficient (Wildman–Crippen LogP) is 4.27. The topological polar surface area (TPSA) is 26.0 Å². The van der Waals surface area contributed by atoms with Gasteiger partial charge in [-0.25, -0.2) is 0 Å². The molecule has 0 heterocycles. The summed E-state index contributed by atoms with van der Waals surface area (Å²) in [6.45, 7) is 15.5. The molecule has 0 aliphatic carbocycles. The quantitative estimate of drug-likeness (QED) is 0.828. The molecule has 2 atom stereocenters. The summed E-state index contributed by atoms with van der Waals surface area (Å²) in [6.07, 6.45) is 1.13. The number of benzene rings is 1. The molecule has 1 unspecified atom stereocenters. The van der Waals surface area contributed by atoms with Crippen LogP contribution < -0.4 is 5.73 Å². The van der Waals surface area contributed by atoms with E-state index in [1.165, 1.54) is 33.4 Å². The Hall–Kier alpha value is -0.820. The number of nitrogens with two attached hydrogens (primary N) is 1. The van der Waals surface area contributed by atoms with Gasteiger partial charge < -0.3 is 5.73 Å². The molecule has 0 aromatic heterocycles. The van der Waals surface area contributed by atoms with Crippen LogP contribution in [0.2, 0.25) is 0 Å². The summed E-state index contributed by atoms with van der Waals surface area (Å²) in [5.41, 5.74) is 14.8. The van der Waals surface area contributed by atoms with Gasteiger partial charge in [-0.2, -0.15) is 0 Å². The van der Waals surface area contributed by atoms with E-state index < -0.39 is 0 Å². The fraction of sp³-hybridized carbons (Fsp3) is 0.625. The second kappa shape index (κ2) is 5.22. The van der Waals surface area contributed by atoms with E-state index in [4.69, 9.17) is 5.73 Å². The van der Waals surface area contributed by atoms with E-state index in [-0.39, 0.29) is 6.04 Å². The average molecular weight is 233 g/mol. The first-order chi connectivity index (χ1) is 7.82. The predicted molar refractivity (Wildman–Crippen MR) is 76.5 cm³/mol. The number of hydrogen-bond donors (Lipinski definition) is 1. The van der Waals surface area contributed by atoms with E-state index in [0.717, 1.165) is 6.42 Å². The highest BCUT2D eigenvalue weighted by Gasteiger charge is 2.20. The largest absolute Gasteiger partial charge is 0.324 e. The summed E-state index contributed by atoms with van der Waals surface area (Å²) in [7, 11) is 0. The van der Waals surface area contributed by atoms with Crippen LogP contribution in [0.1, 0.15) is 59.7 Å². The SMILES string of the molecule is CCC(C)[C@@H](N)c1c(C)c(C)c(C)c(C)c1C. The summed E-state index contributed by atoms with van der Waals surface area (Å²) in [6, 6.07) is 0.165. The molecule has 1 heteroatoms. The molecule has 0 saturated carbocycles.